The van der Waals surface area contributed by atoms with Crippen LogP contribution in [0.4, 0.5) is 11.9 Å². The van der Waals surface area contributed by atoms with Crippen molar-refractivity contribution in [3.63, 3.8) is 0 Å². The summed E-state index contributed by atoms with van der Waals surface area (Å²) in [5.41, 5.74) is 7.93. The van der Waals surface area contributed by atoms with Crippen molar-refractivity contribution in [2.45, 2.75) is 26.7 Å². The molecule has 0 amide bonds. The second-order valence-electron chi connectivity index (χ2n) is 5.47. The first kappa shape index (κ1) is 15.0. The highest BCUT2D eigenvalue weighted by Crippen LogP contribution is 2.30. The molecule has 1 heterocycles. The van der Waals surface area contributed by atoms with E-state index in [1.807, 2.05) is 27.1 Å². The van der Waals surface area contributed by atoms with E-state index in [2.05, 4.69) is 40.9 Å². The lowest BCUT2D eigenvalue weighted by molar-refractivity contribution is 0.433. The first-order valence-corrected chi connectivity index (χ1v) is 6.84. The van der Waals surface area contributed by atoms with Gasteiger partial charge < -0.3 is 15.4 Å². The zero-order valence-corrected chi connectivity index (χ0v) is 13.1. The van der Waals surface area contributed by atoms with Crippen LogP contribution in [0.2, 0.25) is 0 Å². The number of nitrogens with two attached hydrogens (primary N) is 1. The largest absolute Gasteiger partial charge is 0.424 e. The Morgan fingerprint density at radius 1 is 1.14 bits per heavy atom. The lowest BCUT2D eigenvalue weighted by Gasteiger charge is -2.15. The van der Waals surface area contributed by atoms with Crippen LogP contribution in [0.5, 0.6) is 11.8 Å². The maximum Gasteiger partial charge on any atom is 0.328 e. The standard InChI is InChI=1S/C15H21N5O/c1-9(2)11-7-6-10(3)8-12(11)21-15-18-13(16)17-14(19-15)20(4)5/h6-9H,1-5H3,(H2,16,17,18,19). The third-order valence-electron chi connectivity index (χ3n) is 3.01. The summed E-state index contributed by atoms with van der Waals surface area (Å²) in [7, 11) is 3.68. The number of hydrogen-bond donors (Lipinski definition) is 1. The topological polar surface area (TPSA) is 77.2 Å². The molecule has 0 saturated carbocycles. The van der Waals surface area contributed by atoms with E-state index in [0.29, 0.717) is 11.9 Å². The van der Waals surface area contributed by atoms with Crippen molar-refractivity contribution in [2.75, 3.05) is 24.7 Å². The monoisotopic (exact) mass is 287 g/mol. The van der Waals surface area contributed by atoms with E-state index in [-0.39, 0.29) is 12.0 Å². The van der Waals surface area contributed by atoms with E-state index in [0.717, 1.165) is 16.9 Å². The molecule has 0 aliphatic heterocycles. The number of nitrogens with zero attached hydrogens (tertiary/aromatic N) is 4. The zero-order valence-electron chi connectivity index (χ0n) is 13.1. The molecule has 0 spiro atoms. The van der Waals surface area contributed by atoms with Crippen LogP contribution < -0.4 is 15.4 Å². The predicted octanol–water partition coefficient (Wildman–Crippen LogP) is 2.74. The van der Waals surface area contributed by atoms with Gasteiger partial charge in [-0.25, -0.2) is 0 Å². The molecule has 0 aliphatic rings. The Morgan fingerprint density at radius 3 is 2.48 bits per heavy atom. The van der Waals surface area contributed by atoms with Crippen LogP contribution >= 0.6 is 0 Å². The van der Waals surface area contributed by atoms with Gasteiger partial charge in [-0.2, -0.15) is 15.0 Å². The number of aryl methyl sites for hydroxylation is 1. The number of ether oxygens (including phenoxy) is 1. The predicted molar refractivity (Wildman–Crippen MR) is 83.9 cm³/mol. The highest BCUT2D eigenvalue weighted by atomic mass is 16.5. The minimum atomic E-state index is 0.141. The molecule has 0 bridgehead atoms. The van der Waals surface area contributed by atoms with Gasteiger partial charge >= 0.3 is 6.01 Å². The van der Waals surface area contributed by atoms with Crippen molar-refractivity contribution in [3.8, 4) is 11.8 Å². The summed E-state index contributed by atoms with van der Waals surface area (Å²) >= 11 is 0. The first-order chi connectivity index (χ1) is 9.86. The van der Waals surface area contributed by atoms with Gasteiger partial charge in [0.2, 0.25) is 11.9 Å². The van der Waals surface area contributed by atoms with Gasteiger partial charge in [0.1, 0.15) is 5.75 Å². The molecule has 21 heavy (non-hydrogen) atoms. The molecule has 0 radical (unpaired) electrons. The number of anilines is 2. The third-order valence-corrected chi connectivity index (χ3v) is 3.01. The van der Waals surface area contributed by atoms with Gasteiger partial charge in [-0.15, -0.1) is 0 Å². The molecule has 0 fully saturated rings. The second kappa shape index (κ2) is 5.95. The van der Waals surface area contributed by atoms with Crippen molar-refractivity contribution in [3.05, 3.63) is 29.3 Å². The molecule has 2 aromatic rings. The number of hydrogen-bond acceptors (Lipinski definition) is 6. The minimum Gasteiger partial charge on any atom is -0.424 e. The average Bonchev–Trinajstić information content (AvgIpc) is 2.37. The maximum absolute atomic E-state index is 5.85. The summed E-state index contributed by atoms with van der Waals surface area (Å²) in [4.78, 5) is 14.1. The minimum absolute atomic E-state index is 0.141. The Bertz CT molecular complexity index is 640. The normalized spacial score (nSPS) is 10.8. The van der Waals surface area contributed by atoms with E-state index in [9.17, 15) is 0 Å². The molecule has 6 heteroatoms. The third kappa shape index (κ3) is 3.59. The average molecular weight is 287 g/mol. The summed E-state index contributed by atoms with van der Waals surface area (Å²) in [5.74, 6) is 1.70. The van der Waals surface area contributed by atoms with Crippen LogP contribution in [0.1, 0.15) is 30.9 Å². The molecular formula is C15H21N5O. The Hall–Kier alpha value is -2.37. The number of rotatable bonds is 4. The quantitative estimate of drug-likeness (QED) is 0.931. The van der Waals surface area contributed by atoms with Crippen LogP contribution in [0.15, 0.2) is 18.2 Å². The number of aromatic nitrogens is 3. The van der Waals surface area contributed by atoms with Gasteiger partial charge in [0.25, 0.3) is 0 Å². The van der Waals surface area contributed by atoms with E-state index in [1.54, 1.807) is 4.90 Å². The molecule has 0 unspecified atom stereocenters. The molecule has 112 valence electrons. The Kier molecular flexibility index (Phi) is 4.26. The smallest absolute Gasteiger partial charge is 0.328 e. The van der Waals surface area contributed by atoms with Gasteiger partial charge in [0, 0.05) is 14.1 Å². The second-order valence-corrected chi connectivity index (χ2v) is 5.47. The summed E-state index contributed by atoms with van der Waals surface area (Å²) in [6, 6.07) is 6.31. The molecular weight excluding hydrogens is 266 g/mol. The maximum atomic E-state index is 5.85. The lowest BCUT2D eigenvalue weighted by Crippen LogP contribution is -2.15. The fourth-order valence-electron chi connectivity index (χ4n) is 1.91. The molecule has 1 aromatic heterocycles. The molecule has 0 aliphatic carbocycles. The van der Waals surface area contributed by atoms with E-state index in [4.69, 9.17) is 10.5 Å². The van der Waals surface area contributed by atoms with Crippen LogP contribution in [0.3, 0.4) is 0 Å². The van der Waals surface area contributed by atoms with Gasteiger partial charge in [0.15, 0.2) is 0 Å². The zero-order chi connectivity index (χ0) is 15.6. The molecule has 6 nitrogen and oxygen atoms in total. The summed E-state index contributed by atoms with van der Waals surface area (Å²) in [6.07, 6.45) is 0. The summed E-state index contributed by atoms with van der Waals surface area (Å²) in [5, 5.41) is 0. The molecule has 1 aromatic carbocycles. The molecule has 0 atom stereocenters. The molecule has 0 saturated heterocycles. The summed E-state index contributed by atoms with van der Waals surface area (Å²) in [6.45, 7) is 6.25. The van der Waals surface area contributed by atoms with Crippen LogP contribution in [-0.2, 0) is 0 Å². The van der Waals surface area contributed by atoms with Crippen molar-refractivity contribution in [2.24, 2.45) is 0 Å². The van der Waals surface area contributed by atoms with Crippen molar-refractivity contribution >= 4 is 11.9 Å². The van der Waals surface area contributed by atoms with Crippen LogP contribution in [0, 0.1) is 6.92 Å². The Morgan fingerprint density at radius 2 is 1.86 bits per heavy atom. The first-order valence-electron chi connectivity index (χ1n) is 6.84. The number of nitrogen functional groups attached to an aromatic ring is 1. The van der Waals surface area contributed by atoms with Gasteiger partial charge in [-0.05, 0) is 30.0 Å². The van der Waals surface area contributed by atoms with Crippen molar-refractivity contribution in [1.82, 2.24) is 15.0 Å². The summed E-state index contributed by atoms with van der Waals surface area (Å²) < 4.78 is 5.85. The Balaban J connectivity index is 2.40. The van der Waals surface area contributed by atoms with E-state index in [1.165, 1.54) is 0 Å². The number of benzene rings is 1. The Labute approximate surface area is 125 Å². The van der Waals surface area contributed by atoms with Gasteiger partial charge in [-0.3, -0.25) is 0 Å². The molecule has 2 N–H and O–H groups in total. The van der Waals surface area contributed by atoms with E-state index >= 15 is 0 Å². The van der Waals surface area contributed by atoms with Crippen molar-refractivity contribution in [1.29, 1.82) is 0 Å². The molecule has 2 rings (SSSR count). The lowest BCUT2D eigenvalue weighted by atomic mass is 10.0. The van der Waals surface area contributed by atoms with Crippen LogP contribution in [-0.4, -0.2) is 29.0 Å². The highest BCUT2D eigenvalue weighted by Gasteiger charge is 2.13. The highest BCUT2D eigenvalue weighted by molar-refractivity contribution is 5.41. The fourth-order valence-corrected chi connectivity index (χ4v) is 1.91. The van der Waals surface area contributed by atoms with Crippen molar-refractivity contribution < 1.29 is 4.74 Å². The SMILES string of the molecule is Cc1ccc(C(C)C)c(Oc2nc(N)nc(N(C)C)n2)c1. The van der Waals surface area contributed by atoms with Crippen LogP contribution in [0.25, 0.3) is 0 Å². The van der Waals surface area contributed by atoms with Gasteiger partial charge in [-0.1, -0.05) is 26.0 Å². The van der Waals surface area contributed by atoms with Gasteiger partial charge in [0.05, 0.1) is 0 Å². The van der Waals surface area contributed by atoms with E-state index < -0.39 is 0 Å². The fraction of sp³-hybridized carbons (Fsp3) is 0.400.